The normalized spacial score (nSPS) is 14.7. The molecule has 0 saturated carbocycles. The highest BCUT2D eigenvalue weighted by atomic mass is 127. The van der Waals surface area contributed by atoms with Crippen LogP contribution in [-0.2, 0) is 17.9 Å². The fraction of sp³-hybridized carbons (Fsp3) is 0.120. The van der Waals surface area contributed by atoms with Gasteiger partial charge in [0.05, 0.1) is 27.2 Å². The Morgan fingerprint density at radius 3 is 2.54 bits per heavy atom. The van der Waals surface area contributed by atoms with Gasteiger partial charge in [-0.1, -0.05) is 41.4 Å². The van der Waals surface area contributed by atoms with Gasteiger partial charge in [0.1, 0.15) is 12.4 Å². The molecule has 0 aliphatic carbocycles. The van der Waals surface area contributed by atoms with Crippen molar-refractivity contribution in [3.63, 3.8) is 0 Å². The summed E-state index contributed by atoms with van der Waals surface area (Å²) in [5.41, 5.74) is 1.69. The third kappa shape index (κ3) is 5.94. The third-order valence-electron chi connectivity index (χ3n) is 5.10. The molecule has 35 heavy (non-hydrogen) atoms. The minimum atomic E-state index is -0.461. The molecule has 0 unspecified atom stereocenters. The number of halogens is 4. The Morgan fingerprint density at radius 1 is 1.11 bits per heavy atom. The zero-order valence-electron chi connectivity index (χ0n) is 18.2. The Labute approximate surface area is 229 Å². The molecule has 180 valence electrons. The molecule has 0 radical (unpaired) electrons. The second-order valence-corrected chi connectivity index (χ2v) is 10.4. The minimum Gasteiger partial charge on any atom is -0.493 e. The summed E-state index contributed by atoms with van der Waals surface area (Å²) in [5.74, 6) is -0.0210. The van der Waals surface area contributed by atoms with Crippen molar-refractivity contribution in [2.24, 2.45) is 0 Å². The second-order valence-electron chi connectivity index (χ2n) is 7.42. The van der Waals surface area contributed by atoms with Gasteiger partial charge in [-0.25, -0.2) is 4.39 Å². The van der Waals surface area contributed by atoms with Crippen molar-refractivity contribution in [3.8, 4) is 11.5 Å². The molecule has 0 bridgehead atoms. The average Bonchev–Trinajstić information content (AvgIpc) is 3.08. The summed E-state index contributed by atoms with van der Waals surface area (Å²) >= 11 is 14.9. The zero-order chi connectivity index (χ0) is 25.1. The van der Waals surface area contributed by atoms with Crippen molar-refractivity contribution >= 4 is 74.8 Å². The Balaban J connectivity index is 1.54. The highest BCUT2D eigenvalue weighted by Crippen LogP contribution is 2.38. The van der Waals surface area contributed by atoms with E-state index in [1.165, 1.54) is 24.1 Å². The lowest BCUT2D eigenvalue weighted by Crippen LogP contribution is -2.27. The quantitative estimate of drug-likeness (QED) is 0.196. The van der Waals surface area contributed by atoms with Crippen LogP contribution in [0.4, 0.5) is 9.18 Å². The summed E-state index contributed by atoms with van der Waals surface area (Å²) < 4.78 is 26.1. The number of carbonyl (C=O) groups is 2. The average molecular weight is 644 g/mol. The Kier molecular flexibility index (Phi) is 8.26. The maximum absolute atomic E-state index is 14.1. The third-order valence-corrected chi connectivity index (χ3v) is 7.41. The van der Waals surface area contributed by atoms with Crippen molar-refractivity contribution in [1.29, 1.82) is 0 Å². The SMILES string of the molecule is COc1cc(/C=C2\SC(=O)N(Cc3ccc(Cl)cc3)C2=O)cc(I)c1OCc1c(F)cccc1Cl. The molecule has 1 saturated heterocycles. The van der Waals surface area contributed by atoms with E-state index < -0.39 is 5.82 Å². The molecule has 4 rings (SSSR count). The summed E-state index contributed by atoms with van der Waals surface area (Å²) in [6, 6.07) is 14.9. The second kappa shape index (κ2) is 11.2. The van der Waals surface area contributed by atoms with Crippen LogP contribution in [0.1, 0.15) is 16.7 Å². The smallest absolute Gasteiger partial charge is 0.293 e. The molecule has 3 aromatic rings. The molecule has 0 spiro atoms. The standard InChI is InChI=1S/C25H17Cl2FINO4S/c1-33-21-10-15(9-20(29)23(21)34-13-17-18(27)3-2-4-19(17)28)11-22-24(31)30(25(32)35-22)12-14-5-7-16(26)8-6-14/h2-11H,12-13H2,1H3/b22-11-. The molecule has 1 fully saturated rings. The molecular weight excluding hydrogens is 627 g/mol. The highest BCUT2D eigenvalue weighted by molar-refractivity contribution is 14.1. The predicted octanol–water partition coefficient (Wildman–Crippen LogP) is 7.56. The van der Waals surface area contributed by atoms with E-state index in [4.69, 9.17) is 32.7 Å². The van der Waals surface area contributed by atoms with Gasteiger partial charge in [-0.3, -0.25) is 14.5 Å². The van der Waals surface area contributed by atoms with Crippen LogP contribution in [0.2, 0.25) is 10.0 Å². The summed E-state index contributed by atoms with van der Waals surface area (Å²) in [6.07, 6.45) is 1.63. The molecule has 0 N–H and O–H groups in total. The minimum absolute atomic E-state index is 0.0825. The van der Waals surface area contributed by atoms with Crippen LogP contribution >= 0.6 is 57.6 Å². The van der Waals surface area contributed by atoms with E-state index in [0.29, 0.717) is 30.6 Å². The van der Waals surface area contributed by atoms with E-state index in [2.05, 4.69) is 22.6 Å². The first-order valence-electron chi connectivity index (χ1n) is 10.2. The van der Waals surface area contributed by atoms with Crippen molar-refractivity contribution in [3.05, 3.63) is 95.6 Å². The molecule has 3 aromatic carbocycles. The Hall–Kier alpha value is -2.27. The van der Waals surface area contributed by atoms with Crippen LogP contribution in [-0.4, -0.2) is 23.2 Å². The molecule has 2 amide bonds. The Bertz CT molecular complexity index is 1310. The van der Waals surface area contributed by atoms with Gasteiger partial charge in [-0.2, -0.15) is 0 Å². The number of thioether (sulfide) groups is 1. The number of amides is 2. The molecule has 1 heterocycles. The van der Waals surface area contributed by atoms with Crippen LogP contribution in [0.5, 0.6) is 11.5 Å². The van der Waals surface area contributed by atoms with Gasteiger partial charge in [0.15, 0.2) is 11.5 Å². The van der Waals surface area contributed by atoms with Gasteiger partial charge in [-0.05, 0) is 88.0 Å². The van der Waals surface area contributed by atoms with Crippen molar-refractivity contribution in [2.75, 3.05) is 7.11 Å². The molecule has 1 aliphatic rings. The van der Waals surface area contributed by atoms with E-state index in [0.717, 1.165) is 17.3 Å². The molecule has 5 nitrogen and oxygen atoms in total. The first-order valence-corrected chi connectivity index (χ1v) is 12.8. The van der Waals surface area contributed by atoms with Crippen molar-refractivity contribution in [2.45, 2.75) is 13.2 Å². The van der Waals surface area contributed by atoms with Gasteiger partial charge in [-0.15, -0.1) is 0 Å². The fourth-order valence-corrected chi connectivity index (χ4v) is 5.30. The van der Waals surface area contributed by atoms with E-state index in [1.807, 2.05) is 0 Å². The summed E-state index contributed by atoms with van der Waals surface area (Å²) in [5, 5.41) is 0.500. The highest BCUT2D eigenvalue weighted by Gasteiger charge is 2.35. The lowest BCUT2D eigenvalue weighted by atomic mass is 10.1. The van der Waals surface area contributed by atoms with Crippen molar-refractivity contribution in [1.82, 2.24) is 4.90 Å². The van der Waals surface area contributed by atoms with Gasteiger partial charge in [0.2, 0.25) is 0 Å². The molecule has 1 aliphatic heterocycles. The van der Waals surface area contributed by atoms with Gasteiger partial charge in [0, 0.05) is 10.6 Å². The van der Waals surface area contributed by atoms with Crippen LogP contribution in [0, 0.1) is 9.39 Å². The number of rotatable bonds is 7. The van der Waals surface area contributed by atoms with Crippen molar-refractivity contribution < 1.29 is 23.5 Å². The van der Waals surface area contributed by atoms with Crippen LogP contribution in [0.15, 0.2) is 59.5 Å². The van der Waals surface area contributed by atoms with E-state index in [-0.39, 0.29) is 34.9 Å². The molecule has 0 aromatic heterocycles. The van der Waals surface area contributed by atoms with E-state index in [1.54, 1.807) is 48.5 Å². The maximum atomic E-state index is 14.1. The lowest BCUT2D eigenvalue weighted by Gasteiger charge is -2.15. The van der Waals surface area contributed by atoms with Crippen LogP contribution in [0.3, 0.4) is 0 Å². The number of nitrogens with zero attached hydrogens (tertiary/aromatic N) is 1. The summed E-state index contributed by atoms with van der Waals surface area (Å²) in [4.78, 5) is 26.9. The number of ether oxygens (including phenoxy) is 2. The summed E-state index contributed by atoms with van der Waals surface area (Å²) in [7, 11) is 1.48. The first-order chi connectivity index (χ1) is 16.8. The van der Waals surface area contributed by atoms with Crippen LogP contribution < -0.4 is 9.47 Å². The van der Waals surface area contributed by atoms with Crippen LogP contribution in [0.25, 0.3) is 6.08 Å². The largest absolute Gasteiger partial charge is 0.493 e. The molecule has 10 heteroatoms. The van der Waals surface area contributed by atoms with E-state index in [9.17, 15) is 14.0 Å². The Morgan fingerprint density at radius 2 is 1.86 bits per heavy atom. The zero-order valence-corrected chi connectivity index (χ0v) is 22.7. The topological polar surface area (TPSA) is 55.8 Å². The maximum Gasteiger partial charge on any atom is 0.293 e. The number of imide groups is 1. The number of benzene rings is 3. The fourth-order valence-electron chi connectivity index (χ4n) is 3.34. The van der Waals surface area contributed by atoms with Gasteiger partial charge in [0.25, 0.3) is 11.1 Å². The predicted molar refractivity (Wildman–Crippen MR) is 144 cm³/mol. The lowest BCUT2D eigenvalue weighted by molar-refractivity contribution is -0.123. The molecular formula is C25H17Cl2FINO4S. The number of methoxy groups -OCH3 is 1. The number of carbonyl (C=O) groups excluding carboxylic acids is 2. The number of hydrogen-bond donors (Lipinski definition) is 0. The van der Waals surface area contributed by atoms with Gasteiger partial charge < -0.3 is 9.47 Å². The number of hydrogen-bond acceptors (Lipinski definition) is 5. The monoisotopic (exact) mass is 643 g/mol. The van der Waals surface area contributed by atoms with Gasteiger partial charge >= 0.3 is 0 Å². The summed E-state index contributed by atoms with van der Waals surface area (Å²) in [6.45, 7) is 0.0756. The molecule has 0 atom stereocenters. The first kappa shape index (κ1) is 25.8. The van der Waals surface area contributed by atoms with E-state index >= 15 is 0 Å².